The molecule has 2 aliphatic rings. The lowest BCUT2D eigenvalue weighted by atomic mass is 9.73. The summed E-state index contributed by atoms with van der Waals surface area (Å²) in [5.74, 6) is 0.260. The molecular formula is C24H26N2O4. The Morgan fingerprint density at radius 1 is 1.13 bits per heavy atom. The van der Waals surface area contributed by atoms with Crippen LogP contribution in [0.3, 0.4) is 0 Å². The highest BCUT2D eigenvalue weighted by Gasteiger charge is 2.57. The molecule has 0 radical (unpaired) electrons. The first-order valence-corrected chi connectivity index (χ1v) is 10.3. The lowest BCUT2D eigenvalue weighted by Crippen LogP contribution is -2.51. The van der Waals surface area contributed by atoms with Crippen LogP contribution >= 0.6 is 0 Å². The third kappa shape index (κ3) is 3.61. The Bertz CT molecular complexity index is 955. The minimum Gasteiger partial charge on any atom is -0.504 e. The van der Waals surface area contributed by atoms with E-state index in [1.54, 1.807) is 12.1 Å². The Hall–Kier alpha value is -3.04. The zero-order valence-electron chi connectivity index (χ0n) is 17.1. The highest BCUT2D eigenvalue weighted by molar-refractivity contribution is 5.84. The van der Waals surface area contributed by atoms with Crippen molar-refractivity contribution < 1.29 is 19.4 Å². The number of nitrogens with zero attached hydrogens (tertiary/aromatic N) is 2. The normalized spacial score (nSPS) is 19.5. The van der Waals surface area contributed by atoms with Gasteiger partial charge in [0.05, 0.1) is 18.6 Å². The van der Waals surface area contributed by atoms with Crippen LogP contribution in [0, 0.1) is 11.3 Å². The molecule has 1 heterocycles. The lowest BCUT2D eigenvalue weighted by molar-refractivity contribution is -0.154. The molecule has 2 aromatic carbocycles. The second kappa shape index (κ2) is 8.00. The predicted octanol–water partition coefficient (Wildman–Crippen LogP) is 3.53. The van der Waals surface area contributed by atoms with Crippen LogP contribution in [0.25, 0.3) is 0 Å². The molecular weight excluding hydrogens is 380 g/mol. The fourth-order valence-electron chi connectivity index (χ4n) is 4.39. The Labute approximate surface area is 176 Å². The van der Waals surface area contributed by atoms with Crippen molar-refractivity contribution in [2.75, 3.05) is 20.2 Å². The number of benzene rings is 2. The van der Waals surface area contributed by atoms with Gasteiger partial charge >= 0.3 is 5.97 Å². The van der Waals surface area contributed by atoms with Crippen molar-refractivity contribution in [3.63, 3.8) is 0 Å². The third-order valence-electron chi connectivity index (χ3n) is 6.48. The molecule has 1 N–H and O–H groups in total. The molecule has 4 rings (SSSR count). The van der Waals surface area contributed by atoms with Crippen molar-refractivity contribution in [1.29, 1.82) is 5.26 Å². The summed E-state index contributed by atoms with van der Waals surface area (Å²) in [4.78, 5) is 15.0. The molecule has 0 spiro atoms. The van der Waals surface area contributed by atoms with Gasteiger partial charge in [0.15, 0.2) is 11.5 Å². The predicted molar refractivity (Wildman–Crippen MR) is 111 cm³/mol. The number of phenols is 1. The van der Waals surface area contributed by atoms with Gasteiger partial charge in [-0.3, -0.25) is 9.69 Å². The van der Waals surface area contributed by atoms with E-state index in [0.717, 1.165) is 24.0 Å². The van der Waals surface area contributed by atoms with E-state index in [4.69, 9.17) is 9.47 Å². The molecule has 6 nitrogen and oxygen atoms in total. The summed E-state index contributed by atoms with van der Waals surface area (Å²) >= 11 is 0. The maximum Gasteiger partial charge on any atom is 0.326 e. The minimum atomic E-state index is -0.676. The van der Waals surface area contributed by atoms with Crippen molar-refractivity contribution >= 4 is 5.97 Å². The molecule has 0 unspecified atom stereocenters. The number of carbonyl (C=O) groups is 1. The lowest BCUT2D eigenvalue weighted by Gasteiger charge is -2.40. The van der Waals surface area contributed by atoms with Crippen LogP contribution in [0.1, 0.15) is 36.8 Å². The molecule has 1 aliphatic heterocycles. The number of likely N-dealkylation sites (tertiary alicyclic amines) is 1. The topological polar surface area (TPSA) is 82.8 Å². The van der Waals surface area contributed by atoms with E-state index in [-0.39, 0.29) is 18.3 Å². The molecule has 156 valence electrons. The standard InChI is InChI=1S/C24H26N2O4/c1-29-21-8-7-19(15-20(21)27)23(17-25)11-13-26(14-12-23)24(9-10-24)22(28)30-16-18-5-3-2-4-6-18/h2-8,15,27H,9-14,16H2,1H3. The summed E-state index contributed by atoms with van der Waals surface area (Å²) in [5, 5.41) is 20.1. The molecule has 1 saturated carbocycles. The number of rotatable bonds is 6. The van der Waals surface area contributed by atoms with Crippen LogP contribution in [0.4, 0.5) is 0 Å². The van der Waals surface area contributed by atoms with E-state index in [9.17, 15) is 15.2 Å². The van der Waals surface area contributed by atoms with Crippen molar-refractivity contribution in [2.24, 2.45) is 0 Å². The summed E-state index contributed by atoms with van der Waals surface area (Å²) in [6, 6.07) is 17.3. The molecule has 6 heteroatoms. The number of carbonyl (C=O) groups excluding carboxylic acids is 1. The molecule has 0 aromatic heterocycles. The van der Waals surface area contributed by atoms with E-state index in [0.29, 0.717) is 31.7 Å². The van der Waals surface area contributed by atoms with Gasteiger partial charge in [-0.1, -0.05) is 36.4 Å². The van der Waals surface area contributed by atoms with E-state index < -0.39 is 11.0 Å². The summed E-state index contributed by atoms with van der Waals surface area (Å²) in [7, 11) is 1.50. The number of hydrogen-bond donors (Lipinski definition) is 1. The smallest absolute Gasteiger partial charge is 0.326 e. The number of aromatic hydroxyl groups is 1. The molecule has 0 bridgehead atoms. The Morgan fingerprint density at radius 2 is 1.83 bits per heavy atom. The number of methoxy groups -OCH3 is 1. The van der Waals surface area contributed by atoms with Crippen molar-refractivity contribution in [3.8, 4) is 17.6 Å². The highest BCUT2D eigenvalue weighted by Crippen LogP contribution is 2.47. The zero-order chi connectivity index (χ0) is 21.2. The molecule has 0 amide bonds. The fourth-order valence-corrected chi connectivity index (χ4v) is 4.39. The molecule has 30 heavy (non-hydrogen) atoms. The fraction of sp³-hybridized carbons (Fsp3) is 0.417. The van der Waals surface area contributed by atoms with Gasteiger partial charge in [-0.05, 0) is 48.9 Å². The minimum absolute atomic E-state index is 0.0372. The van der Waals surface area contributed by atoms with Crippen molar-refractivity contribution in [3.05, 3.63) is 59.7 Å². The van der Waals surface area contributed by atoms with Gasteiger partial charge in [0.25, 0.3) is 0 Å². The maximum absolute atomic E-state index is 12.8. The van der Waals surface area contributed by atoms with E-state index >= 15 is 0 Å². The summed E-state index contributed by atoms with van der Waals surface area (Å²) in [6.45, 7) is 1.56. The van der Waals surface area contributed by atoms with Gasteiger partial charge in [0.2, 0.25) is 0 Å². The van der Waals surface area contributed by atoms with E-state index in [1.165, 1.54) is 7.11 Å². The molecule has 0 atom stereocenters. The second-order valence-electron chi connectivity index (χ2n) is 8.16. The number of ether oxygens (including phenoxy) is 2. The van der Waals surface area contributed by atoms with Crippen LogP contribution in [0.2, 0.25) is 0 Å². The van der Waals surface area contributed by atoms with Crippen molar-refractivity contribution in [2.45, 2.75) is 43.2 Å². The number of nitriles is 1. The van der Waals surface area contributed by atoms with Crippen LogP contribution in [0.5, 0.6) is 11.5 Å². The van der Waals surface area contributed by atoms with Gasteiger partial charge in [-0.25, -0.2) is 0 Å². The molecule has 1 aliphatic carbocycles. The average Bonchev–Trinajstić information content (AvgIpc) is 3.60. The van der Waals surface area contributed by atoms with Crippen LogP contribution in [-0.2, 0) is 21.6 Å². The summed E-state index contributed by atoms with van der Waals surface area (Å²) in [6.07, 6.45) is 2.79. The first kappa shape index (κ1) is 20.2. The van der Waals surface area contributed by atoms with Gasteiger partial charge in [0, 0.05) is 13.1 Å². The molecule has 2 aromatic rings. The summed E-state index contributed by atoms with van der Waals surface area (Å²) in [5.41, 5.74) is 0.547. The van der Waals surface area contributed by atoms with Crippen molar-refractivity contribution in [1.82, 2.24) is 4.90 Å². The number of phenolic OH excluding ortho intramolecular Hbond substituents is 1. The first-order chi connectivity index (χ1) is 14.5. The Balaban J connectivity index is 1.42. The van der Waals surface area contributed by atoms with Crippen LogP contribution < -0.4 is 4.74 Å². The zero-order valence-corrected chi connectivity index (χ0v) is 17.1. The van der Waals surface area contributed by atoms with Crippen LogP contribution in [0.15, 0.2) is 48.5 Å². The van der Waals surface area contributed by atoms with Crippen LogP contribution in [-0.4, -0.2) is 41.7 Å². The van der Waals surface area contributed by atoms with Gasteiger partial charge in [0.1, 0.15) is 12.1 Å². The summed E-state index contributed by atoms with van der Waals surface area (Å²) < 4.78 is 10.7. The molecule has 1 saturated heterocycles. The first-order valence-electron chi connectivity index (χ1n) is 10.3. The Kier molecular flexibility index (Phi) is 5.40. The number of piperidine rings is 1. The SMILES string of the molecule is COc1ccc(C2(C#N)CCN(C3(C(=O)OCc4ccccc4)CC3)CC2)cc1O. The van der Waals surface area contributed by atoms with Gasteiger partial charge in [-0.15, -0.1) is 0 Å². The Morgan fingerprint density at radius 3 is 2.40 bits per heavy atom. The van der Waals surface area contributed by atoms with E-state index in [1.807, 2.05) is 36.4 Å². The van der Waals surface area contributed by atoms with Gasteiger partial charge < -0.3 is 14.6 Å². The maximum atomic E-state index is 12.8. The number of esters is 1. The molecule has 2 fully saturated rings. The van der Waals surface area contributed by atoms with E-state index in [2.05, 4.69) is 11.0 Å². The third-order valence-corrected chi connectivity index (χ3v) is 6.48. The highest BCUT2D eigenvalue weighted by atomic mass is 16.5. The second-order valence-corrected chi connectivity index (χ2v) is 8.16. The quantitative estimate of drug-likeness (QED) is 0.739. The van der Waals surface area contributed by atoms with Gasteiger partial charge in [-0.2, -0.15) is 5.26 Å². The monoisotopic (exact) mass is 406 g/mol. The average molecular weight is 406 g/mol. The number of hydrogen-bond acceptors (Lipinski definition) is 6. The largest absolute Gasteiger partial charge is 0.504 e.